The van der Waals surface area contributed by atoms with Crippen LogP contribution in [-0.4, -0.2) is 0 Å². The van der Waals surface area contributed by atoms with Gasteiger partial charge in [0.15, 0.2) is 0 Å². The van der Waals surface area contributed by atoms with Gasteiger partial charge < -0.3 is 0 Å². The number of hydrogen-bond acceptors (Lipinski definition) is 0. The summed E-state index contributed by atoms with van der Waals surface area (Å²) < 4.78 is 0. The molecule has 0 aliphatic rings. The van der Waals surface area contributed by atoms with Crippen molar-refractivity contribution in [3.63, 3.8) is 0 Å². The highest BCUT2D eigenvalue weighted by Gasteiger charge is 2.06. The molecule has 0 aliphatic heterocycles. The molecule has 0 heteroatoms. The fraction of sp³-hybridized carbons (Fsp3) is 0.120. The molecule has 4 aromatic carbocycles. The molecule has 0 atom stereocenters. The van der Waals surface area contributed by atoms with Crippen LogP contribution in [0, 0.1) is 0 Å². The fourth-order valence-electron chi connectivity index (χ4n) is 3.39. The van der Waals surface area contributed by atoms with E-state index in [0.717, 1.165) is 0 Å². The van der Waals surface area contributed by atoms with Gasteiger partial charge in [-0.3, -0.25) is 0 Å². The predicted octanol–water partition coefficient (Wildman–Crippen LogP) is 7.30. The van der Waals surface area contributed by atoms with Gasteiger partial charge in [0, 0.05) is 0 Å². The maximum absolute atomic E-state index is 2.32. The molecular formula is C25H22. The van der Waals surface area contributed by atoms with Crippen LogP contribution < -0.4 is 0 Å². The summed E-state index contributed by atoms with van der Waals surface area (Å²) in [6, 6.07) is 32.9. The Morgan fingerprint density at radius 1 is 0.560 bits per heavy atom. The summed E-state index contributed by atoms with van der Waals surface area (Å²) in [6.07, 6.45) is 0. The number of rotatable bonds is 3. The van der Waals surface area contributed by atoms with E-state index in [9.17, 15) is 0 Å². The summed E-state index contributed by atoms with van der Waals surface area (Å²) in [7, 11) is 0. The third kappa shape index (κ3) is 3.08. The zero-order valence-electron chi connectivity index (χ0n) is 14.7. The molecule has 4 rings (SSSR count). The minimum absolute atomic E-state index is 0.554. The Kier molecular flexibility index (Phi) is 4.11. The molecule has 0 fully saturated rings. The van der Waals surface area contributed by atoms with Crippen molar-refractivity contribution in [2.45, 2.75) is 19.8 Å². The quantitative estimate of drug-likeness (QED) is 0.371. The van der Waals surface area contributed by atoms with E-state index in [2.05, 4.69) is 105 Å². The van der Waals surface area contributed by atoms with Crippen molar-refractivity contribution in [3.8, 4) is 22.3 Å². The second-order valence-corrected chi connectivity index (χ2v) is 6.88. The van der Waals surface area contributed by atoms with Gasteiger partial charge in [0.1, 0.15) is 0 Å². The lowest BCUT2D eigenvalue weighted by Gasteiger charge is -2.11. The van der Waals surface area contributed by atoms with Gasteiger partial charge in [-0.05, 0) is 44.5 Å². The molecule has 0 bridgehead atoms. The van der Waals surface area contributed by atoms with Crippen LogP contribution in [0.15, 0.2) is 91.0 Å². The summed E-state index contributed by atoms with van der Waals surface area (Å²) in [5.74, 6) is 0.554. The third-order valence-corrected chi connectivity index (χ3v) is 4.87. The third-order valence-electron chi connectivity index (χ3n) is 4.87. The molecule has 0 saturated carbocycles. The van der Waals surface area contributed by atoms with E-state index in [1.54, 1.807) is 0 Å². The van der Waals surface area contributed by atoms with Crippen LogP contribution in [0.5, 0.6) is 0 Å². The van der Waals surface area contributed by atoms with Gasteiger partial charge in [0.25, 0.3) is 0 Å². The van der Waals surface area contributed by atoms with Crippen molar-refractivity contribution < 1.29 is 0 Å². The monoisotopic (exact) mass is 322 g/mol. The minimum Gasteiger partial charge on any atom is -0.0622 e. The van der Waals surface area contributed by atoms with E-state index < -0.39 is 0 Å². The Bertz CT molecular complexity index is 993. The molecule has 0 saturated heterocycles. The second kappa shape index (κ2) is 6.57. The lowest BCUT2D eigenvalue weighted by molar-refractivity contribution is 0.869. The van der Waals surface area contributed by atoms with E-state index in [-0.39, 0.29) is 0 Å². The molecule has 0 aliphatic carbocycles. The van der Waals surface area contributed by atoms with E-state index in [1.807, 2.05) is 0 Å². The molecule has 4 aromatic rings. The van der Waals surface area contributed by atoms with Crippen molar-refractivity contribution in [1.29, 1.82) is 0 Å². The van der Waals surface area contributed by atoms with Crippen molar-refractivity contribution in [1.82, 2.24) is 0 Å². The van der Waals surface area contributed by atoms with Gasteiger partial charge in [-0.1, -0.05) is 105 Å². The molecular weight excluding hydrogens is 300 g/mol. The first-order valence-electron chi connectivity index (χ1n) is 8.91. The normalized spacial score (nSPS) is 11.2. The molecule has 0 heterocycles. The highest BCUT2D eigenvalue weighted by molar-refractivity contribution is 5.97. The van der Waals surface area contributed by atoms with Gasteiger partial charge in [-0.2, -0.15) is 0 Å². The van der Waals surface area contributed by atoms with Gasteiger partial charge >= 0.3 is 0 Å². The molecule has 0 N–H and O–H groups in total. The standard InChI is InChI=1S/C25H22/c1-18(2)22-15-16-25-23(17-22)9-6-10-24(25)21-13-11-20(12-14-21)19-7-4-3-5-8-19/h3-18H,1-2H3. The number of fused-ring (bicyclic) bond motifs is 1. The number of benzene rings is 4. The van der Waals surface area contributed by atoms with Crippen LogP contribution in [0.2, 0.25) is 0 Å². The van der Waals surface area contributed by atoms with E-state index in [4.69, 9.17) is 0 Å². The zero-order chi connectivity index (χ0) is 17.2. The Balaban J connectivity index is 1.77. The molecule has 0 radical (unpaired) electrons. The maximum Gasteiger partial charge on any atom is -0.0105 e. The molecule has 0 aromatic heterocycles. The molecule has 0 nitrogen and oxygen atoms in total. The van der Waals surface area contributed by atoms with Crippen LogP contribution in [0.4, 0.5) is 0 Å². The van der Waals surface area contributed by atoms with Crippen molar-refractivity contribution in [2.75, 3.05) is 0 Å². The zero-order valence-corrected chi connectivity index (χ0v) is 14.7. The highest BCUT2D eigenvalue weighted by Crippen LogP contribution is 2.32. The first kappa shape index (κ1) is 15.7. The predicted molar refractivity (Wildman–Crippen MR) is 109 cm³/mol. The molecule has 25 heavy (non-hydrogen) atoms. The topological polar surface area (TPSA) is 0 Å². The second-order valence-electron chi connectivity index (χ2n) is 6.88. The summed E-state index contributed by atoms with van der Waals surface area (Å²) in [5.41, 5.74) is 6.47. The summed E-state index contributed by atoms with van der Waals surface area (Å²) in [4.78, 5) is 0. The fourth-order valence-corrected chi connectivity index (χ4v) is 3.39. The van der Waals surface area contributed by atoms with Crippen LogP contribution >= 0.6 is 0 Å². The van der Waals surface area contributed by atoms with Crippen molar-refractivity contribution in [3.05, 3.63) is 96.6 Å². The Hall–Kier alpha value is -2.86. The Labute approximate surface area is 149 Å². The number of hydrogen-bond donors (Lipinski definition) is 0. The SMILES string of the molecule is CC(C)c1ccc2c(-c3ccc(-c4ccccc4)cc3)cccc2c1. The van der Waals surface area contributed by atoms with Crippen LogP contribution in [-0.2, 0) is 0 Å². The smallest absolute Gasteiger partial charge is 0.0105 e. The van der Waals surface area contributed by atoms with Crippen LogP contribution in [0.1, 0.15) is 25.3 Å². The lowest BCUT2D eigenvalue weighted by Crippen LogP contribution is -1.88. The van der Waals surface area contributed by atoms with Crippen LogP contribution in [0.25, 0.3) is 33.0 Å². The Morgan fingerprint density at radius 3 is 1.96 bits per heavy atom. The van der Waals surface area contributed by atoms with Gasteiger partial charge in [0.2, 0.25) is 0 Å². The largest absolute Gasteiger partial charge is 0.0622 e. The van der Waals surface area contributed by atoms with E-state index >= 15 is 0 Å². The molecule has 122 valence electrons. The Morgan fingerprint density at radius 2 is 1.24 bits per heavy atom. The first-order valence-corrected chi connectivity index (χ1v) is 8.91. The van der Waals surface area contributed by atoms with E-state index in [0.29, 0.717) is 5.92 Å². The minimum atomic E-state index is 0.554. The van der Waals surface area contributed by atoms with Gasteiger partial charge in [-0.25, -0.2) is 0 Å². The molecule has 0 amide bonds. The average Bonchev–Trinajstić information content (AvgIpc) is 2.68. The average molecular weight is 322 g/mol. The van der Waals surface area contributed by atoms with Gasteiger partial charge in [-0.15, -0.1) is 0 Å². The summed E-state index contributed by atoms with van der Waals surface area (Å²) >= 11 is 0. The van der Waals surface area contributed by atoms with Crippen molar-refractivity contribution >= 4 is 10.8 Å². The van der Waals surface area contributed by atoms with Crippen LogP contribution in [0.3, 0.4) is 0 Å². The van der Waals surface area contributed by atoms with Gasteiger partial charge in [0.05, 0.1) is 0 Å². The maximum atomic E-state index is 2.32. The lowest BCUT2D eigenvalue weighted by atomic mass is 9.93. The van der Waals surface area contributed by atoms with E-state index in [1.165, 1.54) is 38.6 Å². The first-order chi connectivity index (χ1) is 12.2. The van der Waals surface area contributed by atoms with Crippen molar-refractivity contribution in [2.24, 2.45) is 0 Å². The molecule has 0 unspecified atom stereocenters. The summed E-state index contributed by atoms with van der Waals surface area (Å²) in [5, 5.41) is 2.63. The molecule has 0 spiro atoms. The highest BCUT2D eigenvalue weighted by atomic mass is 14.1. The summed E-state index contributed by atoms with van der Waals surface area (Å²) in [6.45, 7) is 4.49.